The minimum Gasteiger partial charge on any atom is -0.497 e. The van der Waals surface area contributed by atoms with Crippen molar-refractivity contribution in [1.29, 1.82) is 0 Å². The van der Waals surface area contributed by atoms with Crippen LogP contribution < -0.4 is 4.74 Å². The molecule has 1 aliphatic heterocycles. The van der Waals surface area contributed by atoms with Crippen LogP contribution in [0.4, 0.5) is 0 Å². The van der Waals surface area contributed by atoms with Crippen molar-refractivity contribution in [2.75, 3.05) is 40.3 Å². The van der Waals surface area contributed by atoms with Crippen molar-refractivity contribution < 1.29 is 13.9 Å². The van der Waals surface area contributed by atoms with Crippen LogP contribution in [-0.4, -0.2) is 61.0 Å². The Bertz CT molecular complexity index is 673. The molecular weight excluding hydrogens is 306 g/mol. The molecule has 2 heterocycles. The minimum atomic E-state index is 0.173. The van der Waals surface area contributed by atoms with Gasteiger partial charge in [0.05, 0.1) is 13.3 Å². The second kappa shape index (κ2) is 7.49. The molecule has 0 bridgehead atoms. The molecule has 6 heteroatoms. The van der Waals surface area contributed by atoms with E-state index in [2.05, 4.69) is 16.9 Å². The zero-order valence-corrected chi connectivity index (χ0v) is 14.2. The summed E-state index contributed by atoms with van der Waals surface area (Å²) in [5, 5.41) is 0. The van der Waals surface area contributed by atoms with Crippen LogP contribution in [0.5, 0.6) is 5.75 Å². The molecule has 0 N–H and O–H groups in total. The van der Waals surface area contributed by atoms with Crippen LogP contribution in [0, 0.1) is 0 Å². The standard InChI is InChI=1S/C18H23N3O3/c1-20-9-11-21(12-10-20)18(22)8-7-17-19-13-16(24-17)14-3-5-15(23-2)6-4-14/h3-6,13H,7-12H2,1-2H3. The van der Waals surface area contributed by atoms with Crippen LogP contribution in [0.15, 0.2) is 34.9 Å². The average Bonchev–Trinajstić information content (AvgIpc) is 3.09. The van der Waals surface area contributed by atoms with Crippen LogP contribution in [0.2, 0.25) is 0 Å². The molecular formula is C18H23N3O3. The van der Waals surface area contributed by atoms with Crippen LogP contribution in [0.25, 0.3) is 11.3 Å². The molecule has 1 amide bonds. The number of carbonyl (C=O) groups is 1. The summed E-state index contributed by atoms with van der Waals surface area (Å²) < 4.78 is 10.9. The number of likely N-dealkylation sites (N-methyl/N-ethyl adjacent to an activating group) is 1. The number of benzene rings is 1. The fourth-order valence-corrected chi connectivity index (χ4v) is 2.74. The maximum Gasteiger partial charge on any atom is 0.223 e. The number of aromatic nitrogens is 1. The summed E-state index contributed by atoms with van der Waals surface area (Å²) in [6.07, 6.45) is 2.67. The lowest BCUT2D eigenvalue weighted by Crippen LogP contribution is -2.47. The van der Waals surface area contributed by atoms with Crippen LogP contribution in [0.3, 0.4) is 0 Å². The first-order chi connectivity index (χ1) is 11.7. The van der Waals surface area contributed by atoms with Gasteiger partial charge in [-0.2, -0.15) is 0 Å². The number of aryl methyl sites for hydroxylation is 1. The molecule has 0 radical (unpaired) electrons. The van der Waals surface area contributed by atoms with E-state index in [-0.39, 0.29) is 5.91 Å². The lowest BCUT2D eigenvalue weighted by molar-refractivity contribution is -0.132. The van der Waals surface area contributed by atoms with Gasteiger partial charge >= 0.3 is 0 Å². The number of amides is 1. The molecule has 2 aromatic rings. The van der Waals surface area contributed by atoms with Crippen LogP contribution >= 0.6 is 0 Å². The highest BCUT2D eigenvalue weighted by Gasteiger charge is 2.19. The van der Waals surface area contributed by atoms with Crippen molar-refractivity contribution in [2.45, 2.75) is 12.8 Å². The third-order valence-electron chi connectivity index (χ3n) is 4.34. The summed E-state index contributed by atoms with van der Waals surface area (Å²) in [6.45, 7) is 3.48. The van der Waals surface area contributed by atoms with E-state index in [4.69, 9.17) is 9.15 Å². The monoisotopic (exact) mass is 329 g/mol. The van der Waals surface area contributed by atoms with Gasteiger partial charge < -0.3 is 19.0 Å². The summed E-state index contributed by atoms with van der Waals surface area (Å²) in [6, 6.07) is 7.62. The fourth-order valence-electron chi connectivity index (χ4n) is 2.74. The van der Waals surface area contributed by atoms with E-state index in [9.17, 15) is 4.79 Å². The van der Waals surface area contributed by atoms with E-state index >= 15 is 0 Å². The number of oxazole rings is 1. The van der Waals surface area contributed by atoms with Gasteiger partial charge in [-0.15, -0.1) is 0 Å². The quantitative estimate of drug-likeness (QED) is 0.840. The maximum atomic E-state index is 12.2. The SMILES string of the molecule is COc1ccc(-c2cnc(CCC(=O)N3CCN(C)CC3)o2)cc1. The Morgan fingerprint density at radius 3 is 2.58 bits per heavy atom. The average molecular weight is 329 g/mol. The third kappa shape index (κ3) is 3.94. The highest BCUT2D eigenvalue weighted by Crippen LogP contribution is 2.23. The number of hydrogen-bond acceptors (Lipinski definition) is 5. The van der Waals surface area contributed by atoms with Gasteiger partial charge in [0.1, 0.15) is 5.75 Å². The molecule has 3 rings (SSSR count). The lowest BCUT2D eigenvalue weighted by Gasteiger charge is -2.32. The minimum absolute atomic E-state index is 0.173. The highest BCUT2D eigenvalue weighted by molar-refractivity contribution is 5.76. The predicted octanol–water partition coefficient (Wildman–Crippen LogP) is 2.06. The van der Waals surface area contributed by atoms with E-state index < -0.39 is 0 Å². The molecule has 24 heavy (non-hydrogen) atoms. The molecule has 1 aliphatic rings. The van der Waals surface area contributed by atoms with Crippen molar-refractivity contribution in [1.82, 2.24) is 14.8 Å². The van der Waals surface area contributed by atoms with Gasteiger partial charge in [0.15, 0.2) is 11.7 Å². The second-order valence-electron chi connectivity index (χ2n) is 6.03. The summed E-state index contributed by atoms with van der Waals surface area (Å²) in [5.41, 5.74) is 0.944. The van der Waals surface area contributed by atoms with Gasteiger partial charge in [0, 0.05) is 44.6 Å². The Kier molecular flexibility index (Phi) is 5.15. The Hall–Kier alpha value is -2.34. The highest BCUT2D eigenvalue weighted by atomic mass is 16.5. The molecule has 0 unspecified atom stereocenters. The predicted molar refractivity (Wildman–Crippen MR) is 90.9 cm³/mol. The van der Waals surface area contributed by atoms with Crippen molar-refractivity contribution in [2.24, 2.45) is 0 Å². The van der Waals surface area contributed by atoms with Gasteiger partial charge in [-0.25, -0.2) is 4.98 Å². The number of piperazine rings is 1. The van der Waals surface area contributed by atoms with Crippen molar-refractivity contribution in [3.8, 4) is 17.1 Å². The smallest absolute Gasteiger partial charge is 0.223 e. The van der Waals surface area contributed by atoms with Gasteiger partial charge in [-0.1, -0.05) is 0 Å². The first-order valence-corrected chi connectivity index (χ1v) is 8.21. The summed E-state index contributed by atoms with van der Waals surface area (Å²) in [5.74, 6) is 2.28. The maximum absolute atomic E-state index is 12.2. The largest absolute Gasteiger partial charge is 0.497 e. The molecule has 1 aromatic carbocycles. The second-order valence-corrected chi connectivity index (χ2v) is 6.03. The Morgan fingerprint density at radius 1 is 1.21 bits per heavy atom. The van der Waals surface area contributed by atoms with E-state index in [1.807, 2.05) is 29.2 Å². The Balaban J connectivity index is 1.55. The van der Waals surface area contributed by atoms with Gasteiger partial charge in [0.2, 0.25) is 5.91 Å². The van der Waals surface area contributed by atoms with Crippen molar-refractivity contribution in [3.63, 3.8) is 0 Å². The van der Waals surface area contributed by atoms with Crippen LogP contribution in [0.1, 0.15) is 12.3 Å². The van der Waals surface area contributed by atoms with Gasteiger partial charge in [0.25, 0.3) is 0 Å². The topological polar surface area (TPSA) is 58.8 Å². The van der Waals surface area contributed by atoms with Gasteiger partial charge in [-0.05, 0) is 31.3 Å². The fraction of sp³-hybridized carbons (Fsp3) is 0.444. The molecule has 0 atom stereocenters. The number of methoxy groups -OCH3 is 1. The number of carbonyl (C=O) groups excluding carboxylic acids is 1. The number of rotatable bonds is 5. The first-order valence-electron chi connectivity index (χ1n) is 8.21. The molecule has 0 spiro atoms. The Morgan fingerprint density at radius 2 is 1.92 bits per heavy atom. The zero-order chi connectivity index (χ0) is 16.9. The zero-order valence-electron chi connectivity index (χ0n) is 14.2. The molecule has 1 aromatic heterocycles. The number of nitrogens with zero attached hydrogens (tertiary/aromatic N) is 3. The van der Waals surface area contributed by atoms with Crippen molar-refractivity contribution in [3.05, 3.63) is 36.4 Å². The van der Waals surface area contributed by atoms with E-state index in [0.29, 0.717) is 24.5 Å². The third-order valence-corrected chi connectivity index (χ3v) is 4.34. The van der Waals surface area contributed by atoms with E-state index in [1.54, 1.807) is 13.3 Å². The van der Waals surface area contributed by atoms with E-state index in [0.717, 1.165) is 37.5 Å². The number of ether oxygens (including phenoxy) is 1. The molecule has 128 valence electrons. The van der Waals surface area contributed by atoms with Crippen LogP contribution in [-0.2, 0) is 11.2 Å². The Labute approximate surface area is 142 Å². The molecule has 0 aliphatic carbocycles. The first kappa shape index (κ1) is 16.5. The molecule has 0 saturated carbocycles. The lowest BCUT2D eigenvalue weighted by atomic mass is 10.2. The summed E-state index contributed by atoms with van der Waals surface area (Å²) in [7, 11) is 3.72. The summed E-state index contributed by atoms with van der Waals surface area (Å²) in [4.78, 5) is 20.7. The molecule has 1 saturated heterocycles. The molecule has 1 fully saturated rings. The van der Waals surface area contributed by atoms with E-state index in [1.165, 1.54) is 0 Å². The normalized spacial score (nSPS) is 15.5. The van der Waals surface area contributed by atoms with Gasteiger partial charge in [-0.3, -0.25) is 4.79 Å². The molecule has 6 nitrogen and oxygen atoms in total. The number of hydrogen-bond donors (Lipinski definition) is 0. The van der Waals surface area contributed by atoms with Crippen molar-refractivity contribution >= 4 is 5.91 Å². The summed E-state index contributed by atoms with van der Waals surface area (Å²) >= 11 is 0.